The minimum Gasteiger partial charge on any atom is -0.486 e. The fraction of sp³-hybridized carbons (Fsp3) is 0.545. The largest absolute Gasteiger partial charge is 0.486 e. The van der Waals surface area contributed by atoms with Crippen molar-refractivity contribution in [3.63, 3.8) is 0 Å². The van der Waals surface area contributed by atoms with Crippen molar-refractivity contribution < 1.29 is 13.9 Å². The van der Waals surface area contributed by atoms with Gasteiger partial charge in [-0.2, -0.15) is 0 Å². The van der Waals surface area contributed by atoms with Crippen LogP contribution in [0.15, 0.2) is 15.3 Å². The van der Waals surface area contributed by atoms with Gasteiger partial charge in [-0.05, 0) is 63.0 Å². The summed E-state index contributed by atoms with van der Waals surface area (Å²) >= 11 is 0. The van der Waals surface area contributed by atoms with Crippen LogP contribution in [-0.2, 0) is 12.8 Å². The average molecular weight is 352 g/mol. The maximum absolute atomic E-state index is 13.1. The molecule has 0 bridgehead atoms. The van der Waals surface area contributed by atoms with E-state index < -0.39 is 0 Å². The van der Waals surface area contributed by atoms with E-state index in [1.807, 2.05) is 13.0 Å². The van der Waals surface area contributed by atoms with E-state index in [4.69, 9.17) is 9.15 Å². The predicted molar refractivity (Wildman–Crippen MR) is 99.2 cm³/mol. The second-order valence-electron chi connectivity index (χ2n) is 8.54. The lowest BCUT2D eigenvalue weighted by Crippen LogP contribution is -2.45. The average Bonchev–Trinajstić information content (AvgIpc) is 3.08. The van der Waals surface area contributed by atoms with Crippen LogP contribution in [0.2, 0.25) is 0 Å². The highest BCUT2D eigenvalue weighted by Gasteiger charge is 2.44. The van der Waals surface area contributed by atoms with Gasteiger partial charge in [0.25, 0.3) is 0 Å². The summed E-state index contributed by atoms with van der Waals surface area (Å²) in [6, 6.07) is 1.92. The first-order valence-corrected chi connectivity index (χ1v) is 9.82. The Morgan fingerprint density at radius 2 is 1.96 bits per heavy atom. The van der Waals surface area contributed by atoms with Crippen molar-refractivity contribution in [2.24, 2.45) is 5.92 Å². The Bertz CT molecular complexity index is 1000. The number of Topliss-reactive ketones (excluding diaryl/α,β-unsaturated/α-hetero) is 1. The molecule has 0 amide bonds. The van der Waals surface area contributed by atoms with Gasteiger partial charge in [0.05, 0.1) is 12.0 Å². The summed E-state index contributed by atoms with van der Waals surface area (Å²) in [5, 5.41) is 0.929. The van der Waals surface area contributed by atoms with Crippen LogP contribution in [-0.4, -0.2) is 11.4 Å². The highest BCUT2D eigenvalue weighted by molar-refractivity contribution is 6.05. The molecule has 0 unspecified atom stereocenters. The minimum atomic E-state index is -0.378. The lowest BCUT2D eigenvalue weighted by Gasteiger charge is -2.43. The number of ether oxygens (including phenoxy) is 1. The molecule has 1 aromatic heterocycles. The highest BCUT2D eigenvalue weighted by Crippen LogP contribution is 2.46. The molecular formula is C22H24O4. The first-order valence-electron chi connectivity index (χ1n) is 9.82. The van der Waals surface area contributed by atoms with Crippen molar-refractivity contribution in [2.45, 2.75) is 70.8 Å². The maximum atomic E-state index is 13.1. The molecule has 4 nitrogen and oxygen atoms in total. The molecule has 4 heteroatoms. The SMILES string of the molecule is Cc1c2c(cc3c4c(c(=O)oc13)CCC4)C(=O)C[C@]1(CCC[C@H](C)C1)O2. The topological polar surface area (TPSA) is 56.5 Å². The molecule has 1 spiro atoms. The molecule has 1 aromatic carbocycles. The zero-order valence-corrected chi connectivity index (χ0v) is 15.4. The van der Waals surface area contributed by atoms with Gasteiger partial charge in [-0.3, -0.25) is 4.79 Å². The van der Waals surface area contributed by atoms with Gasteiger partial charge in [0, 0.05) is 16.5 Å². The Labute approximate surface area is 152 Å². The Kier molecular flexibility index (Phi) is 3.37. The number of benzene rings is 1. The Hall–Kier alpha value is -2.10. The van der Waals surface area contributed by atoms with E-state index in [1.165, 1.54) is 6.42 Å². The van der Waals surface area contributed by atoms with E-state index >= 15 is 0 Å². The van der Waals surface area contributed by atoms with Crippen molar-refractivity contribution in [1.29, 1.82) is 0 Å². The van der Waals surface area contributed by atoms with Crippen LogP contribution >= 0.6 is 0 Å². The van der Waals surface area contributed by atoms with Crippen LogP contribution in [0.25, 0.3) is 11.0 Å². The molecule has 0 saturated heterocycles. The van der Waals surface area contributed by atoms with E-state index in [0.29, 0.717) is 29.2 Å². The number of hydrogen-bond donors (Lipinski definition) is 0. The number of rotatable bonds is 0. The number of hydrogen-bond acceptors (Lipinski definition) is 4. The van der Waals surface area contributed by atoms with Crippen LogP contribution in [0.1, 0.15) is 72.5 Å². The van der Waals surface area contributed by atoms with Gasteiger partial charge in [-0.15, -0.1) is 0 Å². The Morgan fingerprint density at radius 1 is 1.15 bits per heavy atom. The van der Waals surface area contributed by atoms with Crippen molar-refractivity contribution in [3.8, 4) is 5.75 Å². The maximum Gasteiger partial charge on any atom is 0.339 e. The summed E-state index contributed by atoms with van der Waals surface area (Å²) in [5.74, 6) is 1.38. The third-order valence-corrected chi connectivity index (χ3v) is 6.59. The van der Waals surface area contributed by atoms with Gasteiger partial charge in [0.15, 0.2) is 5.78 Å². The van der Waals surface area contributed by atoms with Crippen LogP contribution < -0.4 is 10.4 Å². The standard InChI is InChI=1S/C22H24O4/c1-12-5-4-8-22(10-12)11-18(23)17-9-16-14-6-3-7-15(14)21(24)25-19(16)13(2)20(17)26-22/h9,12H,3-8,10-11H2,1-2H3/t12-,22+/m0/s1. The second-order valence-corrected chi connectivity index (χ2v) is 8.54. The molecule has 26 heavy (non-hydrogen) atoms. The lowest BCUT2D eigenvalue weighted by atomic mass is 9.74. The van der Waals surface area contributed by atoms with Gasteiger partial charge < -0.3 is 9.15 Å². The summed E-state index contributed by atoms with van der Waals surface area (Å²) in [6.07, 6.45) is 7.23. The van der Waals surface area contributed by atoms with E-state index in [1.54, 1.807) is 0 Å². The molecule has 136 valence electrons. The predicted octanol–water partition coefficient (Wildman–Crippen LogP) is 4.50. The number of ketones is 1. The van der Waals surface area contributed by atoms with Gasteiger partial charge in [0.1, 0.15) is 16.9 Å². The molecule has 2 heterocycles. The van der Waals surface area contributed by atoms with Crippen LogP contribution in [0.3, 0.4) is 0 Å². The number of carbonyl (C=O) groups excluding carboxylic acids is 1. The quantitative estimate of drug-likeness (QED) is 0.655. The van der Waals surface area contributed by atoms with Crippen molar-refractivity contribution in [1.82, 2.24) is 0 Å². The van der Waals surface area contributed by atoms with Crippen molar-refractivity contribution in [2.75, 3.05) is 0 Å². The van der Waals surface area contributed by atoms with E-state index in [9.17, 15) is 9.59 Å². The van der Waals surface area contributed by atoms with Gasteiger partial charge in [-0.25, -0.2) is 4.79 Å². The van der Waals surface area contributed by atoms with Gasteiger partial charge in [-0.1, -0.05) is 13.3 Å². The monoisotopic (exact) mass is 352 g/mol. The summed E-state index contributed by atoms with van der Waals surface area (Å²) in [4.78, 5) is 25.4. The lowest BCUT2D eigenvalue weighted by molar-refractivity contribution is -0.00127. The zero-order chi connectivity index (χ0) is 18.1. The Balaban J connectivity index is 1.72. The van der Waals surface area contributed by atoms with Crippen LogP contribution in [0.4, 0.5) is 0 Å². The second kappa shape index (κ2) is 5.45. The highest BCUT2D eigenvalue weighted by atomic mass is 16.5. The van der Waals surface area contributed by atoms with E-state index in [2.05, 4.69) is 6.92 Å². The molecule has 2 aliphatic carbocycles. The molecular weight excluding hydrogens is 328 g/mol. The normalized spacial score (nSPS) is 27.5. The van der Waals surface area contributed by atoms with Crippen molar-refractivity contribution >= 4 is 16.8 Å². The molecule has 0 radical (unpaired) electrons. The third kappa shape index (κ3) is 2.20. The molecule has 2 atom stereocenters. The summed E-state index contributed by atoms with van der Waals surface area (Å²) in [5.41, 5.74) is 3.33. The van der Waals surface area contributed by atoms with Crippen LogP contribution in [0.5, 0.6) is 5.75 Å². The zero-order valence-electron chi connectivity index (χ0n) is 15.4. The molecule has 3 aliphatic rings. The van der Waals surface area contributed by atoms with Crippen LogP contribution in [0, 0.1) is 12.8 Å². The van der Waals surface area contributed by atoms with E-state index in [-0.39, 0.29) is 17.0 Å². The number of fused-ring (bicyclic) bond motifs is 4. The molecule has 1 aliphatic heterocycles. The van der Waals surface area contributed by atoms with E-state index in [0.717, 1.165) is 60.6 Å². The first-order chi connectivity index (χ1) is 12.5. The Morgan fingerprint density at radius 3 is 2.77 bits per heavy atom. The summed E-state index contributed by atoms with van der Waals surface area (Å²) in [7, 11) is 0. The molecule has 2 aromatic rings. The van der Waals surface area contributed by atoms with Gasteiger partial charge in [0.2, 0.25) is 0 Å². The summed E-state index contributed by atoms with van der Waals surface area (Å²) in [6.45, 7) is 4.16. The minimum absolute atomic E-state index is 0.170. The number of carbonyl (C=O) groups is 1. The fourth-order valence-corrected chi connectivity index (χ4v) is 5.40. The van der Waals surface area contributed by atoms with Crippen molar-refractivity contribution in [3.05, 3.63) is 38.7 Å². The first kappa shape index (κ1) is 16.1. The molecule has 1 fully saturated rings. The fourth-order valence-electron chi connectivity index (χ4n) is 5.40. The smallest absolute Gasteiger partial charge is 0.339 e. The summed E-state index contributed by atoms with van der Waals surface area (Å²) < 4.78 is 12.2. The molecule has 0 N–H and O–H groups in total. The molecule has 1 saturated carbocycles. The third-order valence-electron chi connectivity index (χ3n) is 6.59. The van der Waals surface area contributed by atoms with Gasteiger partial charge >= 0.3 is 5.63 Å². The molecule has 5 rings (SSSR count). The number of aryl methyl sites for hydroxylation is 2.